The van der Waals surface area contributed by atoms with Crippen LogP contribution in [0.1, 0.15) is 51.1 Å². The molecule has 0 bridgehead atoms. The van der Waals surface area contributed by atoms with Crippen LogP contribution in [0.25, 0.3) is 0 Å². The van der Waals surface area contributed by atoms with E-state index >= 15 is 0 Å². The van der Waals surface area contributed by atoms with Gasteiger partial charge in [0.05, 0.1) is 12.2 Å². The van der Waals surface area contributed by atoms with Crippen LogP contribution in [-0.2, 0) is 22.6 Å². The Labute approximate surface area is 139 Å². The molecule has 0 spiro atoms. The van der Waals surface area contributed by atoms with E-state index in [1.807, 2.05) is 32.4 Å². The molecule has 0 aromatic carbocycles. The van der Waals surface area contributed by atoms with Crippen LogP contribution < -0.4 is 10.6 Å². The average molecular weight is 322 g/mol. The standard InChI is InChI=1S/C17H30N4O2/c1-11(2)10-21-14(6)15(13(5)20-21)7-8-16(22)18-9-17(23)19-12(3)4/h11-12H,7-10H2,1-6H3,(H,18,22)(H,19,23). The van der Waals surface area contributed by atoms with Crippen LogP contribution in [0, 0.1) is 19.8 Å². The van der Waals surface area contributed by atoms with Gasteiger partial charge in [0.25, 0.3) is 0 Å². The Kier molecular flexibility index (Phi) is 7.26. The number of rotatable bonds is 8. The summed E-state index contributed by atoms with van der Waals surface area (Å²) >= 11 is 0. The van der Waals surface area contributed by atoms with Gasteiger partial charge in [0.2, 0.25) is 11.8 Å². The van der Waals surface area contributed by atoms with E-state index in [9.17, 15) is 9.59 Å². The Morgan fingerprint density at radius 3 is 2.35 bits per heavy atom. The number of carbonyl (C=O) groups is 2. The maximum atomic E-state index is 11.9. The van der Waals surface area contributed by atoms with E-state index < -0.39 is 0 Å². The second-order valence-electron chi connectivity index (χ2n) is 6.72. The normalized spacial score (nSPS) is 11.1. The lowest BCUT2D eigenvalue weighted by Crippen LogP contribution is -2.39. The lowest BCUT2D eigenvalue weighted by molar-refractivity contribution is -0.126. The molecule has 0 atom stereocenters. The number of amides is 2. The van der Waals surface area contributed by atoms with Crippen molar-refractivity contribution >= 4 is 11.8 Å². The Morgan fingerprint density at radius 1 is 1.13 bits per heavy atom. The van der Waals surface area contributed by atoms with Gasteiger partial charge < -0.3 is 10.6 Å². The van der Waals surface area contributed by atoms with Gasteiger partial charge in [0, 0.05) is 24.7 Å². The first-order chi connectivity index (χ1) is 10.7. The van der Waals surface area contributed by atoms with Crippen LogP contribution in [0.3, 0.4) is 0 Å². The predicted octanol–water partition coefficient (Wildman–Crippen LogP) is 1.73. The van der Waals surface area contributed by atoms with E-state index in [1.54, 1.807) is 0 Å². The Hall–Kier alpha value is -1.85. The van der Waals surface area contributed by atoms with Gasteiger partial charge in [-0.3, -0.25) is 14.3 Å². The second-order valence-corrected chi connectivity index (χ2v) is 6.72. The zero-order valence-electron chi connectivity index (χ0n) is 15.2. The van der Waals surface area contributed by atoms with Gasteiger partial charge in [-0.15, -0.1) is 0 Å². The highest BCUT2D eigenvalue weighted by molar-refractivity contribution is 5.84. The summed E-state index contributed by atoms with van der Waals surface area (Å²) in [5, 5.41) is 9.96. The largest absolute Gasteiger partial charge is 0.352 e. The summed E-state index contributed by atoms with van der Waals surface area (Å²) in [6, 6.07) is 0.0801. The topological polar surface area (TPSA) is 76.0 Å². The Balaban J connectivity index is 2.50. The summed E-state index contributed by atoms with van der Waals surface area (Å²) in [6.07, 6.45) is 1.01. The van der Waals surface area contributed by atoms with Crippen LogP contribution in [0.2, 0.25) is 0 Å². The van der Waals surface area contributed by atoms with Crippen molar-refractivity contribution in [2.24, 2.45) is 5.92 Å². The summed E-state index contributed by atoms with van der Waals surface area (Å²) in [5.41, 5.74) is 3.24. The third-order valence-corrected chi connectivity index (χ3v) is 3.57. The number of hydrogen-bond acceptors (Lipinski definition) is 3. The van der Waals surface area contributed by atoms with Crippen molar-refractivity contribution in [1.29, 1.82) is 0 Å². The molecule has 0 fully saturated rings. The molecule has 130 valence electrons. The summed E-state index contributed by atoms with van der Waals surface area (Å²) in [5.74, 6) is 0.258. The first-order valence-electron chi connectivity index (χ1n) is 8.29. The minimum absolute atomic E-state index is 0.0294. The molecule has 0 aliphatic carbocycles. The molecule has 0 radical (unpaired) electrons. The summed E-state index contributed by atoms with van der Waals surface area (Å²) in [6.45, 7) is 13.0. The summed E-state index contributed by atoms with van der Waals surface area (Å²) in [7, 11) is 0. The van der Waals surface area contributed by atoms with Gasteiger partial charge in [0.1, 0.15) is 0 Å². The lowest BCUT2D eigenvalue weighted by atomic mass is 10.1. The van der Waals surface area contributed by atoms with Crippen LogP contribution >= 0.6 is 0 Å². The number of aromatic nitrogens is 2. The van der Waals surface area contributed by atoms with Crippen molar-refractivity contribution in [2.45, 2.75) is 67.0 Å². The first kappa shape index (κ1) is 19.2. The molecule has 2 amide bonds. The van der Waals surface area contributed by atoms with Gasteiger partial charge in [-0.2, -0.15) is 5.10 Å². The highest BCUT2D eigenvalue weighted by atomic mass is 16.2. The third-order valence-electron chi connectivity index (χ3n) is 3.57. The molecular formula is C17H30N4O2. The third kappa shape index (κ3) is 6.42. The molecule has 0 saturated carbocycles. The van der Waals surface area contributed by atoms with Crippen molar-refractivity contribution in [1.82, 2.24) is 20.4 Å². The average Bonchev–Trinajstić information content (AvgIpc) is 2.67. The van der Waals surface area contributed by atoms with E-state index in [0.29, 0.717) is 18.8 Å². The van der Waals surface area contributed by atoms with Crippen LogP contribution in [0.4, 0.5) is 0 Å². The number of hydrogen-bond donors (Lipinski definition) is 2. The van der Waals surface area contributed by atoms with Gasteiger partial charge in [-0.25, -0.2) is 0 Å². The van der Waals surface area contributed by atoms with Crippen LogP contribution in [0.5, 0.6) is 0 Å². The maximum absolute atomic E-state index is 11.9. The maximum Gasteiger partial charge on any atom is 0.239 e. The van der Waals surface area contributed by atoms with E-state index in [0.717, 1.165) is 23.5 Å². The van der Waals surface area contributed by atoms with Gasteiger partial charge >= 0.3 is 0 Å². The number of aryl methyl sites for hydroxylation is 1. The predicted molar refractivity (Wildman–Crippen MR) is 91.1 cm³/mol. The minimum Gasteiger partial charge on any atom is -0.352 e. The fourth-order valence-electron chi connectivity index (χ4n) is 2.50. The molecule has 0 saturated heterocycles. The van der Waals surface area contributed by atoms with Gasteiger partial charge in [-0.1, -0.05) is 13.8 Å². The number of nitrogens with zero attached hydrogens (tertiary/aromatic N) is 2. The van der Waals surface area contributed by atoms with Gasteiger partial charge in [0.15, 0.2) is 0 Å². The molecule has 0 unspecified atom stereocenters. The molecule has 1 aromatic heterocycles. The SMILES string of the molecule is Cc1nn(CC(C)C)c(C)c1CCC(=O)NCC(=O)NC(C)C. The second kappa shape index (κ2) is 8.70. The van der Waals surface area contributed by atoms with E-state index in [1.165, 1.54) is 0 Å². The zero-order valence-corrected chi connectivity index (χ0v) is 15.2. The zero-order chi connectivity index (χ0) is 17.6. The van der Waals surface area contributed by atoms with Crippen molar-refractivity contribution in [3.8, 4) is 0 Å². The molecule has 6 nitrogen and oxygen atoms in total. The highest BCUT2D eigenvalue weighted by Gasteiger charge is 2.14. The van der Waals surface area contributed by atoms with E-state index in [2.05, 4.69) is 29.6 Å². The van der Waals surface area contributed by atoms with Gasteiger partial charge in [-0.05, 0) is 45.6 Å². The van der Waals surface area contributed by atoms with E-state index in [-0.39, 0.29) is 24.4 Å². The fraction of sp³-hybridized carbons (Fsp3) is 0.706. The molecule has 2 N–H and O–H groups in total. The van der Waals surface area contributed by atoms with Crippen LogP contribution in [-0.4, -0.2) is 34.2 Å². The molecule has 23 heavy (non-hydrogen) atoms. The summed E-state index contributed by atoms with van der Waals surface area (Å²) < 4.78 is 2.02. The van der Waals surface area contributed by atoms with Crippen molar-refractivity contribution in [3.63, 3.8) is 0 Å². The Bertz CT molecular complexity index is 547. The first-order valence-corrected chi connectivity index (χ1v) is 8.29. The van der Waals surface area contributed by atoms with Crippen molar-refractivity contribution in [3.05, 3.63) is 17.0 Å². The molecule has 6 heteroatoms. The minimum atomic E-state index is -0.162. The Morgan fingerprint density at radius 2 is 1.78 bits per heavy atom. The highest BCUT2D eigenvalue weighted by Crippen LogP contribution is 2.16. The van der Waals surface area contributed by atoms with Crippen molar-refractivity contribution < 1.29 is 9.59 Å². The lowest BCUT2D eigenvalue weighted by Gasteiger charge is -2.10. The van der Waals surface area contributed by atoms with Crippen molar-refractivity contribution in [2.75, 3.05) is 6.54 Å². The quantitative estimate of drug-likeness (QED) is 0.765. The smallest absolute Gasteiger partial charge is 0.239 e. The molecule has 0 aliphatic rings. The van der Waals surface area contributed by atoms with E-state index in [4.69, 9.17) is 0 Å². The summed E-state index contributed by atoms with van der Waals surface area (Å²) in [4.78, 5) is 23.4. The van der Waals surface area contributed by atoms with Crippen LogP contribution in [0.15, 0.2) is 0 Å². The number of carbonyl (C=O) groups excluding carboxylic acids is 2. The molecule has 1 rings (SSSR count). The molecule has 0 aliphatic heterocycles. The molecule has 1 aromatic rings. The number of nitrogens with one attached hydrogen (secondary N) is 2. The molecular weight excluding hydrogens is 292 g/mol. The molecule has 1 heterocycles. The monoisotopic (exact) mass is 322 g/mol. The fourth-order valence-corrected chi connectivity index (χ4v) is 2.50.